The third-order valence-electron chi connectivity index (χ3n) is 1.97. The molecular formula is C13H16O2. The monoisotopic (exact) mass is 204 g/mol. The summed E-state index contributed by atoms with van der Waals surface area (Å²) in [5, 5.41) is 0. The fourth-order valence-electron chi connectivity index (χ4n) is 1.20. The molecule has 0 bridgehead atoms. The normalized spacial score (nSPS) is 10.5. The summed E-state index contributed by atoms with van der Waals surface area (Å²) in [6.45, 7) is 4.30. The van der Waals surface area contributed by atoms with Gasteiger partial charge in [0.1, 0.15) is 0 Å². The van der Waals surface area contributed by atoms with E-state index in [9.17, 15) is 4.79 Å². The molecule has 2 nitrogen and oxygen atoms in total. The van der Waals surface area contributed by atoms with Crippen LogP contribution in [0.1, 0.15) is 36.2 Å². The fraction of sp³-hybridized carbons (Fsp3) is 0.308. The van der Waals surface area contributed by atoms with E-state index >= 15 is 0 Å². The molecule has 0 radical (unpaired) electrons. The molecule has 1 rings (SSSR count). The number of allylic oxidation sites excluding steroid dienone is 1. The van der Waals surface area contributed by atoms with Gasteiger partial charge in [-0.2, -0.15) is 0 Å². The maximum Gasteiger partial charge on any atom is 0.338 e. The number of hydrogen-bond acceptors (Lipinski definition) is 2. The minimum absolute atomic E-state index is 0.261. The number of ether oxygens (including phenoxy) is 1. The van der Waals surface area contributed by atoms with Crippen molar-refractivity contribution >= 4 is 12.0 Å². The smallest absolute Gasteiger partial charge is 0.338 e. The number of benzene rings is 1. The molecule has 0 unspecified atom stereocenters. The predicted molar refractivity (Wildman–Crippen MR) is 61.7 cm³/mol. The lowest BCUT2D eigenvalue weighted by atomic mass is 10.1. The first-order valence-electron chi connectivity index (χ1n) is 5.21. The molecule has 1 aromatic rings. The molecule has 80 valence electrons. The summed E-state index contributed by atoms with van der Waals surface area (Å²) in [6, 6.07) is 7.40. The topological polar surface area (TPSA) is 26.3 Å². The van der Waals surface area contributed by atoms with Gasteiger partial charge in [0, 0.05) is 0 Å². The summed E-state index contributed by atoms with van der Waals surface area (Å²) in [5.74, 6) is -0.261. The van der Waals surface area contributed by atoms with Gasteiger partial charge in [-0.3, -0.25) is 0 Å². The Bertz CT molecular complexity index is 336. The Morgan fingerprint density at radius 3 is 2.47 bits per heavy atom. The van der Waals surface area contributed by atoms with Crippen LogP contribution in [0.3, 0.4) is 0 Å². The molecule has 0 aromatic heterocycles. The van der Waals surface area contributed by atoms with Gasteiger partial charge in [-0.05, 0) is 31.0 Å². The standard InChI is InChI=1S/C13H16O2/c1-3-5-6-11-7-9-12(10-8-11)13(14)15-4-2/h5-10H,3-4H2,1-2H3/b6-5+. The second-order valence-corrected chi connectivity index (χ2v) is 3.15. The number of hydrogen-bond donors (Lipinski definition) is 0. The molecule has 0 aliphatic carbocycles. The molecule has 0 fully saturated rings. The predicted octanol–water partition coefficient (Wildman–Crippen LogP) is 3.29. The highest BCUT2D eigenvalue weighted by Gasteiger charge is 2.04. The zero-order valence-electron chi connectivity index (χ0n) is 9.19. The van der Waals surface area contributed by atoms with Crippen molar-refractivity contribution < 1.29 is 9.53 Å². The van der Waals surface area contributed by atoms with E-state index in [2.05, 4.69) is 13.0 Å². The number of carbonyl (C=O) groups excluding carboxylic acids is 1. The van der Waals surface area contributed by atoms with Crippen molar-refractivity contribution in [2.75, 3.05) is 6.61 Å². The third-order valence-corrected chi connectivity index (χ3v) is 1.97. The van der Waals surface area contributed by atoms with Gasteiger partial charge in [0.15, 0.2) is 0 Å². The van der Waals surface area contributed by atoms with Gasteiger partial charge >= 0.3 is 5.97 Å². The molecule has 0 heterocycles. The molecule has 1 aromatic carbocycles. The molecule has 2 heteroatoms. The highest BCUT2D eigenvalue weighted by atomic mass is 16.5. The van der Waals surface area contributed by atoms with Crippen LogP contribution in [0, 0.1) is 0 Å². The quantitative estimate of drug-likeness (QED) is 0.703. The average molecular weight is 204 g/mol. The number of carbonyl (C=O) groups is 1. The molecule has 0 saturated heterocycles. The molecule has 0 amide bonds. The van der Waals surface area contributed by atoms with Gasteiger partial charge in [0.25, 0.3) is 0 Å². The summed E-state index contributed by atoms with van der Waals surface area (Å²) >= 11 is 0. The van der Waals surface area contributed by atoms with Crippen LogP contribution in [0.5, 0.6) is 0 Å². The first kappa shape index (κ1) is 11.5. The van der Waals surface area contributed by atoms with E-state index in [1.165, 1.54) is 0 Å². The van der Waals surface area contributed by atoms with E-state index in [1.54, 1.807) is 19.1 Å². The van der Waals surface area contributed by atoms with Crippen LogP contribution in [-0.2, 0) is 4.74 Å². The summed E-state index contributed by atoms with van der Waals surface area (Å²) in [6.07, 6.45) is 5.13. The van der Waals surface area contributed by atoms with Crippen LogP contribution < -0.4 is 0 Å². The van der Waals surface area contributed by atoms with Crippen molar-refractivity contribution in [3.8, 4) is 0 Å². The van der Waals surface area contributed by atoms with Gasteiger partial charge in [0.2, 0.25) is 0 Å². The fourth-order valence-corrected chi connectivity index (χ4v) is 1.20. The first-order valence-corrected chi connectivity index (χ1v) is 5.21. The minimum atomic E-state index is -0.261. The van der Waals surface area contributed by atoms with Crippen LogP contribution in [0.4, 0.5) is 0 Å². The van der Waals surface area contributed by atoms with Gasteiger partial charge in [-0.25, -0.2) is 4.79 Å². The Balaban J connectivity index is 2.71. The van der Waals surface area contributed by atoms with Crippen LogP contribution in [-0.4, -0.2) is 12.6 Å². The minimum Gasteiger partial charge on any atom is -0.462 e. The SMILES string of the molecule is CC/C=C/c1ccc(C(=O)OCC)cc1. The van der Waals surface area contributed by atoms with Crippen molar-refractivity contribution in [2.45, 2.75) is 20.3 Å². The summed E-state index contributed by atoms with van der Waals surface area (Å²) in [4.78, 5) is 11.3. The third kappa shape index (κ3) is 3.58. The van der Waals surface area contributed by atoms with Crippen LogP contribution >= 0.6 is 0 Å². The van der Waals surface area contributed by atoms with E-state index < -0.39 is 0 Å². The summed E-state index contributed by atoms with van der Waals surface area (Å²) < 4.78 is 4.89. The van der Waals surface area contributed by atoms with Crippen molar-refractivity contribution in [3.63, 3.8) is 0 Å². The van der Waals surface area contributed by atoms with Crippen LogP contribution in [0.25, 0.3) is 6.08 Å². The molecule has 0 N–H and O–H groups in total. The Labute approximate surface area is 90.6 Å². The van der Waals surface area contributed by atoms with Gasteiger partial charge < -0.3 is 4.74 Å². The molecular weight excluding hydrogens is 188 g/mol. The van der Waals surface area contributed by atoms with Crippen LogP contribution in [0.15, 0.2) is 30.3 Å². The summed E-state index contributed by atoms with van der Waals surface area (Å²) in [7, 11) is 0. The van der Waals surface area contributed by atoms with E-state index in [0.29, 0.717) is 12.2 Å². The second-order valence-electron chi connectivity index (χ2n) is 3.15. The highest BCUT2D eigenvalue weighted by Crippen LogP contribution is 2.07. The Morgan fingerprint density at radius 2 is 1.93 bits per heavy atom. The van der Waals surface area contributed by atoms with E-state index in [1.807, 2.05) is 18.2 Å². The average Bonchev–Trinajstić information content (AvgIpc) is 2.27. The molecule has 0 spiro atoms. The maximum absolute atomic E-state index is 11.3. The maximum atomic E-state index is 11.3. The van der Waals surface area contributed by atoms with E-state index in [4.69, 9.17) is 4.74 Å². The van der Waals surface area contributed by atoms with Crippen LogP contribution in [0.2, 0.25) is 0 Å². The van der Waals surface area contributed by atoms with Crippen molar-refractivity contribution in [1.29, 1.82) is 0 Å². The molecule has 0 aliphatic rings. The van der Waals surface area contributed by atoms with Crippen molar-refractivity contribution in [1.82, 2.24) is 0 Å². The zero-order chi connectivity index (χ0) is 11.1. The summed E-state index contributed by atoms with van der Waals surface area (Å²) in [5.41, 5.74) is 1.70. The number of rotatable bonds is 4. The molecule has 15 heavy (non-hydrogen) atoms. The lowest BCUT2D eigenvalue weighted by Crippen LogP contribution is -2.03. The Morgan fingerprint density at radius 1 is 1.27 bits per heavy atom. The van der Waals surface area contributed by atoms with Gasteiger partial charge in [-0.15, -0.1) is 0 Å². The Hall–Kier alpha value is -1.57. The molecule has 0 saturated carbocycles. The zero-order valence-corrected chi connectivity index (χ0v) is 9.19. The largest absolute Gasteiger partial charge is 0.462 e. The Kier molecular flexibility index (Phi) is 4.61. The van der Waals surface area contributed by atoms with E-state index in [0.717, 1.165) is 12.0 Å². The number of esters is 1. The lowest BCUT2D eigenvalue weighted by molar-refractivity contribution is 0.0526. The molecule has 0 atom stereocenters. The van der Waals surface area contributed by atoms with Gasteiger partial charge in [-0.1, -0.05) is 31.2 Å². The lowest BCUT2D eigenvalue weighted by Gasteiger charge is -2.01. The second kappa shape index (κ2) is 6.02. The van der Waals surface area contributed by atoms with Gasteiger partial charge in [0.05, 0.1) is 12.2 Å². The van der Waals surface area contributed by atoms with Crippen molar-refractivity contribution in [2.24, 2.45) is 0 Å². The first-order chi connectivity index (χ1) is 7.27. The van der Waals surface area contributed by atoms with E-state index in [-0.39, 0.29) is 5.97 Å². The van der Waals surface area contributed by atoms with Crippen molar-refractivity contribution in [3.05, 3.63) is 41.5 Å². The highest BCUT2D eigenvalue weighted by molar-refractivity contribution is 5.89. The molecule has 0 aliphatic heterocycles.